The number of anilines is 1. The highest BCUT2D eigenvalue weighted by molar-refractivity contribution is 5.90. The summed E-state index contributed by atoms with van der Waals surface area (Å²) in [5.74, 6) is 1.66. The summed E-state index contributed by atoms with van der Waals surface area (Å²) in [5, 5.41) is 12.3. The number of piperazine rings is 1. The first-order valence-electron chi connectivity index (χ1n) is 7.69. The Morgan fingerprint density at radius 1 is 1.15 bits per heavy atom. The molecule has 0 unspecified atom stereocenters. The van der Waals surface area contributed by atoms with Gasteiger partial charge in [0.25, 0.3) is 0 Å². The second kappa shape index (κ2) is 6.75. The van der Waals surface area contributed by atoms with Gasteiger partial charge in [-0.3, -0.25) is 5.10 Å². The van der Waals surface area contributed by atoms with Gasteiger partial charge in [-0.15, -0.1) is 0 Å². The number of nitrogens with zero attached hydrogens (tertiary/aromatic N) is 2. The summed E-state index contributed by atoms with van der Waals surface area (Å²) in [6, 6.07) is 6.61. The van der Waals surface area contributed by atoms with Crippen LogP contribution in [0.1, 0.15) is 39.2 Å². The fourth-order valence-corrected chi connectivity index (χ4v) is 2.49. The molecule has 20 heavy (non-hydrogen) atoms. The summed E-state index contributed by atoms with van der Waals surface area (Å²) in [6.45, 7) is 12.6. The Kier molecular flexibility index (Phi) is 5.01. The zero-order valence-corrected chi connectivity index (χ0v) is 13.0. The monoisotopic (exact) mass is 274 g/mol. The van der Waals surface area contributed by atoms with Crippen molar-refractivity contribution in [3.8, 4) is 0 Å². The van der Waals surface area contributed by atoms with Crippen molar-refractivity contribution in [2.24, 2.45) is 0 Å². The lowest BCUT2D eigenvalue weighted by atomic mass is 10.0. The lowest BCUT2D eigenvalue weighted by Gasteiger charge is -2.27. The van der Waals surface area contributed by atoms with Crippen LogP contribution >= 0.6 is 0 Å². The number of hydrogen-bond donors (Lipinski definition) is 2. The van der Waals surface area contributed by atoms with Gasteiger partial charge in [0, 0.05) is 31.6 Å². The van der Waals surface area contributed by atoms with Gasteiger partial charge in [-0.05, 0) is 23.6 Å². The predicted octanol–water partition coefficient (Wildman–Crippen LogP) is 3.12. The third kappa shape index (κ3) is 2.96. The molecule has 0 amide bonds. The number of aromatic amines is 1. The third-order valence-corrected chi connectivity index (χ3v) is 3.65. The van der Waals surface area contributed by atoms with E-state index in [0.717, 1.165) is 37.5 Å². The van der Waals surface area contributed by atoms with Crippen LogP contribution in [0.2, 0.25) is 0 Å². The quantitative estimate of drug-likeness (QED) is 0.884. The molecule has 1 aliphatic rings. The van der Waals surface area contributed by atoms with Crippen LogP contribution in [-0.4, -0.2) is 36.4 Å². The van der Waals surface area contributed by atoms with Gasteiger partial charge in [-0.2, -0.15) is 5.10 Å². The molecule has 110 valence electrons. The molecule has 0 bridgehead atoms. The molecular formula is C16H26N4. The summed E-state index contributed by atoms with van der Waals surface area (Å²) in [5.41, 5.74) is 2.51. The molecule has 3 rings (SSSR count). The maximum atomic E-state index is 4.49. The molecule has 0 radical (unpaired) electrons. The Hall–Kier alpha value is -1.55. The van der Waals surface area contributed by atoms with Crippen molar-refractivity contribution in [2.75, 3.05) is 31.1 Å². The Labute approximate surface area is 121 Å². The number of aromatic nitrogens is 2. The second-order valence-corrected chi connectivity index (χ2v) is 5.24. The zero-order valence-electron chi connectivity index (χ0n) is 13.0. The molecule has 1 fully saturated rings. The first-order chi connectivity index (χ1) is 9.75. The van der Waals surface area contributed by atoms with Gasteiger partial charge in [-0.25, -0.2) is 0 Å². The predicted molar refractivity (Wildman–Crippen MR) is 86.6 cm³/mol. The molecule has 1 saturated heterocycles. The number of nitrogens with one attached hydrogen (secondary N) is 2. The van der Waals surface area contributed by atoms with Crippen molar-refractivity contribution in [1.82, 2.24) is 15.5 Å². The topological polar surface area (TPSA) is 44.0 Å². The van der Waals surface area contributed by atoms with E-state index in [2.05, 4.69) is 52.5 Å². The second-order valence-electron chi connectivity index (χ2n) is 5.24. The van der Waals surface area contributed by atoms with Crippen LogP contribution in [0, 0.1) is 0 Å². The van der Waals surface area contributed by atoms with Gasteiger partial charge in [0.1, 0.15) is 0 Å². The maximum Gasteiger partial charge on any atom is 0.158 e. The van der Waals surface area contributed by atoms with Gasteiger partial charge in [0.2, 0.25) is 0 Å². The van der Waals surface area contributed by atoms with E-state index in [-0.39, 0.29) is 0 Å². The highest BCUT2D eigenvalue weighted by Crippen LogP contribution is 2.27. The van der Waals surface area contributed by atoms with Crippen molar-refractivity contribution in [2.45, 2.75) is 33.6 Å². The number of benzene rings is 1. The van der Waals surface area contributed by atoms with Crippen LogP contribution in [-0.2, 0) is 0 Å². The Bertz CT molecular complexity index is 538. The number of fused-ring (bicyclic) bond motifs is 1. The van der Waals surface area contributed by atoms with Gasteiger partial charge >= 0.3 is 0 Å². The molecule has 1 aliphatic heterocycles. The van der Waals surface area contributed by atoms with Crippen LogP contribution < -0.4 is 10.2 Å². The molecule has 0 atom stereocenters. The molecule has 1 aromatic carbocycles. The van der Waals surface area contributed by atoms with Crippen LogP contribution in [0.4, 0.5) is 5.82 Å². The Morgan fingerprint density at radius 2 is 1.85 bits per heavy atom. The molecule has 0 saturated carbocycles. The number of rotatable bonds is 2. The summed E-state index contributed by atoms with van der Waals surface area (Å²) in [6.07, 6.45) is 0. The fourth-order valence-electron chi connectivity index (χ4n) is 2.49. The SMILES string of the molecule is CC.CC(C)c1ccc2[nH]nc(N3CCNCC3)c2c1. The largest absolute Gasteiger partial charge is 0.352 e. The summed E-state index contributed by atoms with van der Waals surface area (Å²) in [4.78, 5) is 2.36. The van der Waals surface area contributed by atoms with Crippen LogP contribution in [0.3, 0.4) is 0 Å². The van der Waals surface area contributed by atoms with Gasteiger partial charge < -0.3 is 10.2 Å². The summed E-state index contributed by atoms with van der Waals surface area (Å²) in [7, 11) is 0. The molecule has 1 aromatic heterocycles. The van der Waals surface area contributed by atoms with Crippen LogP contribution in [0.25, 0.3) is 10.9 Å². The molecule has 2 heterocycles. The van der Waals surface area contributed by atoms with E-state index in [9.17, 15) is 0 Å². The zero-order chi connectivity index (χ0) is 14.5. The van der Waals surface area contributed by atoms with Gasteiger partial charge in [-0.1, -0.05) is 33.8 Å². The minimum absolute atomic E-state index is 0.556. The molecule has 0 aliphatic carbocycles. The lowest BCUT2D eigenvalue weighted by molar-refractivity contribution is 0.585. The molecule has 4 heteroatoms. The van der Waals surface area contributed by atoms with Crippen molar-refractivity contribution < 1.29 is 0 Å². The normalized spacial score (nSPS) is 15.3. The first-order valence-corrected chi connectivity index (χ1v) is 7.69. The van der Waals surface area contributed by atoms with Crippen LogP contribution in [0.15, 0.2) is 18.2 Å². The van der Waals surface area contributed by atoms with E-state index >= 15 is 0 Å². The van der Waals surface area contributed by atoms with E-state index in [1.807, 2.05) is 13.8 Å². The van der Waals surface area contributed by atoms with Gasteiger partial charge in [0.05, 0.1) is 5.52 Å². The molecule has 0 spiro atoms. The van der Waals surface area contributed by atoms with E-state index in [4.69, 9.17) is 0 Å². The summed E-state index contributed by atoms with van der Waals surface area (Å²) < 4.78 is 0. The standard InChI is InChI=1S/C14H20N4.C2H6/c1-10(2)11-3-4-13-12(9-11)14(17-16-13)18-7-5-15-6-8-18;1-2/h3-4,9-10,15H,5-8H2,1-2H3,(H,16,17);1-2H3. The number of H-pyrrole nitrogens is 1. The smallest absolute Gasteiger partial charge is 0.158 e. The first kappa shape index (κ1) is 14.9. The van der Waals surface area contributed by atoms with Crippen molar-refractivity contribution in [3.63, 3.8) is 0 Å². The van der Waals surface area contributed by atoms with Crippen LogP contribution in [0.5, 0.6) is 0 Å². The van der Waals surface area contributed by atoms with E-state index in [1.165, 1.54) is 10.9 Å². The lowest BCUT2D eigenvalue weighted by Crippen LogP contribution is -2.43. The summed E-state index contributed by atoms with van der Waals surface area (Å²) >= 11 is 0. The highest BCUT2D eigenvalue weighted by Gasteiger charge is 2.16. The third-order valence-electron chi connectivity index (χ3n) is 3.65. The highest BCUT2D eigenvalue weighted by atomic mass is 15.3. The molecular weight excluding hydrogens is 248 g/mol. The van der Waals surface area contributed by atoms with Crippen molar-refractivity contribution >= 4 is 16.7 Å². The average Bonchev–Trinajstić information content (AvgIpc) is 2.93. The van der Waals surface area contributed by atoms with E-state index < -0.39 is 0 Å². The molecule has 4 nitrogen and oxygen atoms in total. The maximum absolute atomic E-state index is 4.49. The van der Waals surface area contributed by atoms with Crippen molar-refractivity contribution in [1.29, 1.82) is 0 Å². The minimum Gasteiger partial charge on any atom is -0.352 e. The average molecular weight is 274 g/mol. The van der Waals surface area contributed by atoms with E-state index in [0.29, 0.717) is 5.92 Å². The Balaban J connectivity index is 0.000000704. The number of hydrogen-bond acceptors (Lipinski definition) is 3. The van der Waals surface area contributed by atoms with Crippen molar-refractivity contribution in [3.05, 3.63) is 23.8 Å². The fraction of sp³-hybridized carbons (Fsp3) is 0.562. The van der Waals surface area contributed by atoms with Gasteiger partial charge in [0.15, 0.2) is 5.82 Å². The molecule has 2 aromatic rings. The molecule has 2 N–H and O–H groups in total. The minimum atomic E-state index is 0.556. The Morgan fingerprint density at radius 3 is 2.50 bits per heavy atom. The van der Waals surface area contributed by atoms with E-state index in [1.54, 1.807) is 0 Å².